The Labute approximate surface area is 106 Å². The molecular weight excluding hydrogens is 257 g/mol. The monoisotopic (exact) mass is 272 g/mol. The zero-order valence-corrected chi connectivity index (χ0v) is 11.0. The minimum atomic E-state index is -2.88. The van der Waals surface area contributed by atoms with Crippen molar-refractivity contribution >= 4 is 14.0 Å². The van der Waals surface area contributed by atoms with Crippen LogP contribution in [0, 0.1) is 0 Å². The Hall–Kier alpha value is -1.33. The molecule has 1 aromatic rings. The Bertz CT molecular complexity index is 434. The number of carbonyl (C=O) groups is 1. The van der Waals surface area contributed by atoms with E-state index in [0.29, 0.717) is 11.3 Å². The molecule has 3 N–H and O–H groups in total. The van der Waals surface area contributed by atoms with E-state index in [-0.39, 0.29) is 0 Å². The van der Waals surface area contributed by atoms with E-state index in [2.05, 4.69) is 4.52 Å². The average molecular weight is 272 g/mol. The molecule has 0 radical (unpaired) electrons. The molecule has 0 aromatic heterocycles. The molecule has 0 saturated carbocycles. The van der Waals surface area contributed by atoms with Crippen LogP contribution in [0.2, 0.25) is 0 Å². The normalized spacial score (nSPS) is 14.8. The van der Waals surface area contributed by atoms with Gasteiger partial charge in [-0.15, -0.1) is 9.42 Å². The molecule has 3 atom stereocenters. The zero-order chi connectivity index (χ0) is 13.7. The van der Waals surface area contributed by atoms with Gasteiger partial charge in [0.15, 0.2) is 11.9 Å². The van der Waals surface area contributed by atoms with Gasteiger partial charge in [0, 0.05) is 4.57 Å². The zero-order valence-electron chi connectivity index (χ0n) is 10.1. The maximum atomic E-state index is 11.3. The number of benzene rings is 1. The van der Waals surface area contributed by atoms with Gasteiger partial charge < -0.3 is 10.5 Å². The molecule has 0 amide bonds. The third kappa shape index (κ3) is 3.85. The Kier molecular flexibility index (Phi) is 5.37. The lowest BCUT2D eigenvalue weighted by atomic mass is 10.00. The van der Waals surface area contributed by atoms with Crippen molar-refractivity contribution in [3.8, 4) is 5.75 Å². The number of ether oxygens (including phenoxy) is 1. The summed E-state index contributed by atoms with van der Waals surface area (Å²) in [6.07, 6.45) is -1.15. The van der Waals surface area contributed by atoms with E-state index in [4.69, 9.17) is 15.4 Å². The summed E-state index contributed by atoms with van der Waals surface area (Å²) in [6.45, 7) is 1.26. The number of carbonyl (C=O) groups excluding carboxylic acids is 1. The van der Waals surface area contributed by atoms with E-state index < -0.39 is 26.2 Å². The Morgan fingerprint density at radius 2 is 1.94 bits per heavy atom. The van der Waals surface area contributed by atoms with Gasteiger partial charge >= 0.3 is 8.25 Å². The minimum absolute atomic E-state index is 0.407. The second kappa shape index (κ2) is 6.56. The van der Waals surface area contributed by atoms with E-state index in [1.165, 1.54) is 14.0 Å². The molecule has 0 fully saturated rings. The van der Waals surface area contributed by atoms with Crippen LogP contribution in [-0.2, 0) is 13.9 Å². The third-order valence-electron chi connectivity index (χ3n) is 2.43. The predicted molar refractivity (Wildman–Crippen MR) is 65.3 cm³/mol. The number of methoxy groups -OCH3 is 1. The van der Waals surface area contributed by atoms with Crippen LogP contribution in [0.4, 0.5) is 0 Å². The predicted octanol–water partition coefficient (Wildman–Crippen LogP) is 1.32. The first kappa shape index (κ1) is 14.7. The quantitative estimate of drug-likeness (QED) is 0.758. The van der Waals surface area contributed by atoms with Gasteiger partial charge in [-0.3, -0.25) is 4.79 Å². The van der Waals surface area contributed by atoms with Crippen molar-refractivity contribution in [2.24, 2.45) is 5.73 Å². The van der Waals surface area contributed by atoms with Gasteiger partial charge in [0.1, 0.15) is 5.75 Å². The molecule has 1 aromatic carbocycles. The van der Waals surface area contributed by atoms with Crippen molar-refractivity contribution in [1.29, 1.82) is 0 Å². The summed E-state index contributed by atoms with van der Waals surface area (Å²) < 4.78 is 20.3. The second-order valence-corrected chi connectivity index (χ2v) is 4.36. The highest BCUT2D eigenvalue weighted by Crippen LogP contribution is 2.27. The first-order valence-corrected chi connectivity index (χ1v) is 6.31. The van der Waals surface area contributed by atoms with Crippen LogP contribution in [-0.4, -0.2) is 23.9 Å². The molecule has 0 aliphatic rings. The van der Waals surface area contributed by atoms with E-state index >= 15 is 0 Å². The Morgan fingerprint density at radius 1 is 1.39 bits per heavy atom. The molecule has 0 spiro atoms. The molecule has 3 unspecified atom stereocenters. The average Bonchev–Trinajstić information content (AvgIpc) is 2.34. The molecule has 0 aliphatic carbocycles. The van der Waals surface area contributed by atoms with Gasteiger partial charge in [-0.05, 0) is 24.6 Å². The summed E-state index contributed by atoms with van der Waals surface area (Å²) in [5, 5.41) is 0. The number of hydrogen-bond donors (Lipinski definition) is 2. The van der Waals surface area contributed by atoms with Crippen molar-refractivity contribution in [3.05, 3.63) is 29.8 Å². The fourth-order valence-corrected chi connectivity index (χ4v) is 1.96. The minimum Gasteiger partial charge on any atom is -0.497 e. The Morgan fingerprint density at radius 3 is 2.33 bits per heavy atom. The van der Waals surface area contributed by atoms with Crippen molar-refractivity contribution in [2.45, 2.75) is 19.1 Å². The lowest BCUT2D eigenvalue weighted by Gasteiger charge is -2.16. The van der Waals surface area contributed by atoms with E-state index in [0.717, 1.165) is 0 Å². The third-order valence-corrected chi connectivity index (χ3v) is 2.84. The van der Waals surface area contributed by atoms with Crippen molar-refractivity contribution in [2.75, 3.05) is 7.11 Å². The topological polar surface area (TPSA) is 98.8 Å². The number of rotatable bonds is 6. The highest BCUT2D eigenvalue weighted by Gasteiger charge is 2.33. The van der Waals surface area contributed by atoms with E-state index in [9.17, 15) is 9.36 Å². The number of Topliss-reactive ketones (excluding diaryl/α,β-unsaturated/α-hetero) is 1. The van der Waals surface area contributed by atoms with Crippen molar-refractivity contribution in [1.82, 2.24) is 0 Å². The molecule has 98 valence electrons. The molecular formula is C11H15NO5P+. The van der Waals surface area contributed by atoms with Crippen LogP contribution in [0.25, 0.3) is 0 Å². The lowest BCUT2D eigenvalue weighted by molar-refractivity contribution is -0.124. The fraction of sp³-hybridized carbons (Fsp3) is 0.364. The summed E-state index contributed by atoms with van der Waals surface area (Å²) in [4.78, 5) is 20.1. The number of hydrogen-bond acceptors (Lipinski definition) is 5. The van der Waals surface area contributed by atoms with E-state index in [1.54, 1.807) is 24.3 Å². The molecule has 7 heteroatoms. The van der Waals surface area contributed by atoms with Crippen LogP contribution in [0.1, 0.15) is 18.5 Å². The van der Waals surface area contributed by atoms with Crippen LogP contribution >= 0.6 is 8.25 Å². The van der Waals surface area contributed by atoms with Gasteiger partial charge in [-0.25, -0.2) is 0 Å². The van der Waals surface area contributed by atoms with Gasteiger partial charge in [0.2, 0.25) is 0 Å². The smallest absolute Gasteiger partial charge is 0.497 e. The summed E-state index contributed by atoms with van der Waals surface area (Å²) >= 11 is 0. The lowest BCUT2D eigenvalue weighted by Crippen LogP contribution is -2.33. The van der Waals surface area contributed by atoms with Gasteiger partial charge in [0.05, 0.1) is 13.2 Å². The van der Waals surface area contributed by atoms with Crippen molar-refractivity contribution < 1.29 is 23.5 Å². The summed E-state index contributed by atoms with van der Waals surface area (Å²) in [5.74, 6) is 0.246. The van der Waals surface area contributed by atoms with Crippen LogP contribution in [0.5, 0.6) is 5.75 Å². The van der Waals surface area contributed by atoms with Crippen LogP contribution < -0.4 is 10.5 Å². The maximum absolute atomic E-state index is 11.3. The SMILES string of the molecule is COc1ccc(C(N)C(O[P+](=O)O)C(C)=O)cc1. The van der Waals surface area contributed by atoms with Crippen LogP contribution in [0.3, 0.4) is 0 Å². The molecule has 0 heterocycles. The highest BCUT2D eigenvalue weighted by molar-refractivity contribution is 7.32. The summed E-state index contributed by atoms with van der Waals surface area (Å²) in [7, 11) is -1.35. The first-order chi connectivity index (χ1) is 8.45. The van der Waals surface area contributed by atoms with Crippen molar-refractivity contribution in [3.63, 3.8) is 0 Å². The largest absolute Gasteiger partial charge is 0.695 e. The maximum Gasteiger partial charge on any atom is 0.695 e. The second-order valence-electron chi connectivity index (χ2n) is 3.67. The van der Waals surface area contributed by atoms with Gasteiger partial charge in [-0.1, -0.05) is 12.1 Å². The Balaban J connectivity index is 2.90. The molecule has 0 saturated heterocycles. The summed E-state index contributed by atoms with van der Waals surface area (Å²) in [6, 6.07) is 5.91. The standard InChI is InChI=1S/C11H14NO5P/c1-7(13)11(17-18(14)15)10(12)8-3-5-9(16-2)6-4-8/h3-6,10-11H,12H2,1-2H3/p+1. The van der Waals surface area contributed by atoms with Crippen LogP contribution in [0.15, 0.2) is 24.3 Å². The summed E-state index contributed by atoms with van der Waals surface area (Å²) in [5.41, 5.74) is 6.47. The fourth-order valence-electron chi connectivity index (χ4n) is 1.49. The van der Waals surface area contributed by atoms with Gasteiger partial charge in [-0.2, -0.15) is 0 Å². The molecule has 18 heavy (non-hydrogen) atoms. The number of ketones is 1. The molecule has 0 bridgehead atoms. The first-order valence-electron chi connectivity index (χ1n) is 5.18. The molecule has 0 aliphatic heterocycles. The van der Waals surface area contributed by atoms with E-state index in [1.807, 2.05) is 0 Å². The highest BCUT2D eigenvalue weighted by atomic mass is 31.1. The van der Waals surface area contributed by atoms with Gasteiger partial charge in [0.25, 0.3) is 0 Å². The number of nitrogens with two attached hydrogens (primary N) is 1. The molecule has 1 rings (SSSR count). The molecule has 6 nitrogen and oxygen atoms in total.